The number of nitrogens with one attached hydrogen (secondary N) is 2. The first-order chi connectivity index (χ1) is 10.4. The normalized spacial score (nSPS) is 13.6. The van der Waals surface area contributed by atoms with E-state index >= 15 is 0 Å². The van der Waals surface area contributed by atoms with Crippen molar-refractivity contribution < 1.29 is 9.47 Å². The number of benzene rings is 1. The molecule has 1 rings (SSSR count). The summed E-state index contributed by atoms with van der Waals surface area (Å²) in [6, 6.07) is 7.37. The molecule has 0 fully saturated rings. The Balaban J connectivity index is 2.39. The zero-order chi connectivity index (χ0) is 16.6. The maximum Gasteiger partial charge on any atom is 0.191 e. The second-order valence-electron chi connectivity index (χ2n) is 5.66. The fourth-order valence-electron chi connectivity index (χ4n) is 1.64. The minimum Gasteiger partial charge on any atom is -0.489 e. The maximum absolute atomic E-state index is 5.94. The van der Waals surface area contributed by atoms with E-state index in [2.05, 4.69) is 15.6 Å². The maximum atomic E-state index is 5.94. The molecule has 0 amide bonds. The molecule has 0 spiro atoms. The van der Waals surface area contributed by atoms with E-state index in [0.29, 0.717) is 24.1 Å². The number of guanidine groups is 1. The number of hydrogen-bond donors (Lipinski definition) is 2. The number of rotatable bonds is 7. The lowest BCUT2D eigenvalue weighted by molar-refractivity contribution is 0.0268. The Hall–Kier alpha value is -1.46. The highest BCUT2D eigenvalue weighted by Gasteiger charge is 2.16. The van der Waals surface area contributed by atoms with Crippen LogP contribution in [0.15, 0.2) is 29.3 Å². The van der Waals surface area contributed by atoms with Gasteiger partial charge in [0.25, 0.3) is 0 Å². The lowest BCUT2D eigenvalue weighted by Crippen LogP contribution is -2.47. The van der Waals surface area contributed by atoms with Crippen LogP contribution >= 0.6 is 11.6 Å². The first-order valence-electron chi connectivity index (χ1n) is 7.28. The molecule has 0 aliphatic carbocycles. The summed E-state index contributed by atoms with van der Waals surface area (Å²) in [5, 5.41) is 7.12. The predicted molar refractivity (Wildman–Crippen MR) is 92.0 cm³/mol. The van der Waals surface area contributed by atoms with Crippen molar-refractivity contribution in [3.63, 3.8) is 0 Å². The van der Waals surface area contributed by atoms with E-state index in [1.54, 1.807) is 20.2 Å². The molecule has 0 saturated heterocycles. The summed E-state index contributed by atoms with van der Waals surface area (Å²) < 4.78 is 11.2. The van der Waals surface area contributed by atoms with Gasteiger partial charge in [-0.1, -0.05) is 17.7 Å². The van der Waals surface area contributed by atoms with Crippen LogP contribution in [-0.2, 0) is 4.74 Å². The van der Waals surface area contributed by atoms with Gasteiger partial charge in [0, 0.05) is 25.7 Å². The molecule has 0 radical (unpaired) electrons. The highest BCUT2D eigenvalue weighted by Crippen LogP contribution is 2.18. The molecule has 2 N–H and O–H groups in total. The Morgan fingerprint density at radius 2 is 2.09 bits per heavy atom. The van der Waals surface area contributed by atoms with E-state index in [0.717, 1.165) is 5.75 Å². The molecule has 22 heavy (non-hydrogen) atoms. The average molecular weight is 328 g/mol. The van der Waals surface area contributed by atoms with Crippen molar-refractivity contribution in [3.05, 3.63) is 29.3 Å². The van der Waals surface area contributed by atoms with Crippen LogP contribution in [0.25, 0.3) is 0 Å². The van der Waals surface area contributed by atoms with Gasteiger partial charge >= 0.3 is 0 Å². The zero-order valence-electron chi connectivity index (χ0n) is 13.9. The van der Waals surface area contributed by atoms with E-state index in [9.17, 15) is 0 Å². The highest BCUT2D eigenvalue weighted by molar-refractivity contribution is 6.30. The zero-order valence-corrected chi connectivity index (χ0v) is 14.7. The molecule has 0 saturated carbocycles. The van der Waals surface area contributed by atoms with Crippen LogP contribution in [0.5, 0.6) is 5.75 Å². The third-order valence-electron chi connectivity index (χ3n) is 3.15. The molecular weight excluding hydrogens is 302 g/mol. The van der Waals surface area contributed by atoms with Gasteiger partial charge in [-0.3, -0.25) is 4.99 Å². The molecule has 6 heteroatoms. The monoisotopic (exact) mass is 327 g/mol. The van der Waals surface area contributed by atoms with Crippen LogP contribution in [0.1, 0.15) is 20.8 Å². The van der Waals surface area contributed by atoms with Crippen molar-refractivity contribution in [3.8, 4) is 5.75 Å². The van der Waals surface area contributed by atoms with Crippen LogP contribution < -0.4 is 15.4 Å². The van der Waals surface area contributed by atoms with Gasteiger partial charge in [-0.15, -0.1) is 0 Å². The van der Waals surface area contributed by atoms with E-state index in [-0.39, 0.29) is 11.7 Å². The molecule has 0 aliphatic rings. The van der Waals surface area contributed by atoms with Crippen LogP contribution in [0, 0.1) is 0 Å². The lowest BCUT2D eigenvalue weighted by atomic mass is 10.1. The summed E-state index contributed by atoms with van der Waals surface area (Å²) in [5.41, 5.74) is -0.249. The average Bonchev–Trinajstić information content (AvgIpc) is 2.47. The molecule has 1 aromatic carbocycles. The molecule has 0 heterocycles. The number of halogens is 1. The van der Waals surface area contributed by atoms with Gasteiger partial charge in [-0.05, 0) is 39.0 Å². The lowest BCUT2D eigenvalue weighted by Gasteiger charge is -2.25. The Morgan fingerprint density at radius 3 is 2.68 bits per heavy atom. The molecule has 0 aromatic heterocycles. The van der Waals surface area contributed by atoms with Crippen LogP contribution in [0.2, 0.25) is 5.02 Å². The predicted octanol–water partition coefficient (Wildman–Crippen LogP) is 2.70. The number of methoxy groups -OCH3 is 1. The second-order valence-corrected chi connectivity index (χ2v) is 6.09. The molecule has 0 bridgehead atoms. The number of aliphatic imine (C=N–C) groups is 1. The summed E-state index contributed by atoms with van der Waals surface area (Å²) in [6.07, 6.45) is -0.0209. The Kier molecular flexibility index (Phi) is 7.48. The number of hydrogen-bond acceptors (Lipinski definition) is 3. The number of ether oxygens (including phenoxy) is 2. The fourth-order valence-corrected chi connectivity index (χ4v) is 1.82. The van der Waals surface area contributed by atoms with Gasteiger partial charge in [-0.2, -0.15) is 0 Å². The van der Waals surface area contributed by atoms with Crippen LogP contribution in [-0.4, -0.2) is 44.9 Å². The number of nitrogens with zero attached hydrogens (tertiary/aromatic N) is 1. The summed E-state index contributed by atoms with van der Waals surface area (Å²) in [7, 11) is 3.43. The first kappa shape index (κ1) is 18.6. The molecule has 1 unspecified atom stereocenters. The first-order valence-corrected chi connectivity index (χ1v) is 7.66. The third-order valence-corrected chi connectivity index (χ3v) is 3.38. The Bertz CT molecular complexity index is 492. The van der Waals surface area contributed by atoms with Crippen molar-refractivity contribution >= 4 is 17.6 Å². The van der Waals surface area contributed by atoms with Gasteiger partial charge < -0.3 is 20.1 Å². The van der Waals surface area contributed by atoms with E-state index in [1.807, 2.05) is 39.0 Å². The minimum absolute atomic E-state index is 0.0209. The van der Waals surface area contributed by atoms with Crippen molar-refractivity contribution in [1.82, 2.24) is 10.6 Å². The Labute approximate surface area is 138 Å². The van der Waals surface area contributed by atoms with Gasteiger partial charge in [0.05, 0.1) is 12.1 Å². The van der Waals surface area contributed by atoms with Gasteiger partial charge in [0.1, 0.15) is 11.9 Å². The molecule has 1 aromatic rings. The quantitative estimate of drug-likeness (QED) is 0.597. The van der Waals surface area contributed by atoms with E-state index in [1.165, 1.54) is 0 Å². The largest absolute Gasteiger partial charge is 0.489 e. The van der Waals surface area contributed by atoms with Crippen molar-refractivity contribution in [2.45, 2.75) is 32.5 Å². The molecule has 5 nitrogen and oxygen atoms in total. The third kappa shape index (κ3) is 7.00. The van der Waals surface area contributed by atoms with Gasteiger partial charge in [0.2, 0.25) is 0 Å². The van der Waals surface area contributed by atoms with E-state index < -0.39 is 0 Å². The van der Waals surface area contributed by atoms with Gasteiger partial charge in [-0.25, -0.2) is 0 Å². The Morgan fingerprint density at radius 1 is 1.36 bits per heavy atom. The van der Waals surface area contributed by atoms with Gasteiger partial charge in [0.15, 0.2) is 5.96 Å². The second kappa shape index (κ2) is 8.86. The molecule has 1 atom stereocenters. The van der Waals surface area contributed by atoms with Crippen molar-refractivity contribution in [2.24, 2.45) is 4.99 Å². The smallest absolute Gasteiger partial charge is 0.191 e. The minimum atomic E-state index is -0.249. The van der Waals surface area contributed by atoms with Crippen molar-refractivity contribution in [2.75, 3.05) is 27.2 Å². The molecule has 0 aliphatic heterocycles. The van der Waals surface area contributed by atoms with E-state index in [4.69, 9.17) is 21.1 Å². The summed E-state index contributed by atoms with van der Waals surface area (Å²) in [4.78, 5) is 4.18. The summed E-state index contributed by atoms with van der Waals surface area (Å²) in [5.74, 6) is 1.47. The standard InChI is InChI=1S/C16H26ClN3O2/c1-12(22-14-8-6-7-13(17)9-14)10-19-15(18-4)20-11-16(2,3)21-5/h6-9,12H,10-11H2,1-5H3,(H2,18,19,20). The fraction of sp³-hybridized carbons (Fsp3) is 0.562. The van der Waals surface area contributed by atoms with Crippen molar-refractivity contribution in [1.29, 1.82) is 0 Å². The van der Waals surface area contributed by atoms with Crippen LogP contribution in [0.4, 0.5) is 0 Å². The summed E-state index contributed by atoms with van der Waals surface area (Å²) >= 11 is 5.94. The highest BCUT2D eigenvalue weighted by atomic mass is 35.5. The summed E-state index contributed by atoms with van der Waals surface area (Å²) in [6.45, 7) is 7.29. The van der Waals surface area contributed by atoms with Crippen LogP contribution in [0.3, 0.4) is 0 Å². The molecular formula is C16H26ClN3O2. The SMILES string of the molecule is CN=C(NCC(C)Oc1cccc(Cl)c1)NCC(C)(C)OC. The topological polar surface area (TPSA) is 54.9 Å². The molecule has 124 valence electrons.